The number of hydrogen-bond donors (Lipinski definition) is 1. The molecule has 140 valence electrons. The van der Waals surface area contributed by atoms with Crippen LogP contribution in [-0.2, 0) is 11.2 Å². The molecule has 4 heteroatoms. The molecule has 0 aliphatic rings. The van der Waals surface area contributed by atoms with Crippen LogP contribution >= 0.6 is 11.8 Å². The highest BCUT2D eigenvalue weighted by Gasteiger charge is 2.11. The average Bonchev–Trinajstić information content (AvgIpc) is 2.66. The van der Waals surface area contributed by atoms with Gasteiger partial charge < -0.3 is 5.32 Å². The van der Waals surface area contributed by atoms with Crippen LogP contribution in [0.25, 0.3) is 10.9 Å². The normalized spacial score (nSPS) is 12.3. The smallest absolute Gasteiger partial charge is 0.230 e. The number of thioether (sulfide) groups is 1. The number of benzene rings is 2. The van der Waals surface area contributed by atoms with Gasteiger partial charge in [0.2, 0.25) is 5.91 Å². The van der Waals surface area contributed by atoms with Crippen LogP contribution in [0.1, 0.15) is 37.9 Å². The van der Waals surface area contributed by atoms with E-state index in [0.717, 1.165) is 27.9 Å². The number of hydrogen-bond acceptors (Lipinski definition) is 3. The molecule has 2 aromatic carbocycles. The van der Waals surface area contributed by atoms with Crippen molar-refractivity contribution >= 4 is 28.6 Å². The number of pyridine rings is 1. The van der Waals surface area contributed by atoms with Gasteiger partial charge in [-0.1, -0.05) is 74.1 Å². The number of aromatic nitrogens is 1. The van der Waals surface area contributed by atoms with Gasteiger partial charge in [0.25, 0.3) is 0 Å². The molecule has 3 aromatic rings. The van der Waals surface area contributed by atoms with E-state index in [0.29, 0.717) is 11.7 Å². The van der Waals surface area contributed by atoms with Gasteiger partial charge in [0.15, 0.2) is 0 Å². The molecule has 1 atom stereocenters. The van der Waals surface area contributed by atoms with E-state index in [4.69, 9.17) is 0 Å². The number of carbonyl (C=O) groups is 1. The van der Waals surface area contributed by atoms with Gasteiger partial charge in [-0.2, -0.15) is 0 Å². The van der Waals surface area contributed by atoms with Crippen molar-refractivity contribution in [1.29, 1.82) is 0 Å². The molecule has 0 bridgehead atoms. The topological polar surface area (TPSA) is 42.0 Å². The van der Waals surface area contributed by atoms with Crippen LogP contribution in [0.15, 0.2) is 65.7 Å². The Morgan fingerprint density at radius 1 is 1.00 bits per heavy atom. The Hall–Kier alpha value is -2.33. The maximum absolute atomic E-state index is 12.3. The minimum Gasteiger partial charge on any atom is -0.349 e. The number of fused-ring (bicyclic) bond motifs is 1. The summed E-state index contributed by atoms with van der Waals surface area (Å²) in [5, 5.41) is 5.06. The molecule has 0 radical (unpaired) electrons. The molecule has 1 aromatic heterocycles. The summed E-state index contributed by atoms with van der Waals surface area (Å²) in [5.41, 5.74) is 3.42. The fourth-order valence-corrected chi connectivity index (χ4v) is 3.74. The number of nitrogens with one attached hydrogen (secondary N) is 1. The van der Waals surface area contributed by atoms with Crippen LogP contribution in [0.4, 0.5) is 0 Å². The Bertz CT molecular complexity index is 906. The predicted octanol–water partition coefficient (Wildman–Crippen LogP) is 5.40. The number of carbonyl (C=O) groups excluding carboxylic acids is 1. The molecule has 0 aliphatic carbocycles. The van der Waals surface area contributed by atoms with Gasteiger partial charge in [-0.05, 0) is 42.5 Å². The lowest BCUT2D eigenvalue weighted by molar-refractivity contribution is -0.119. The fourth-order valence-electron chi connectivity index (χ4n) is 3.05. The Morgan fingerprint density at radius 3 is 2.48 bits per heavy atom. The number of nitrogens with zero attached hydrogens (tertiary/aromatic N) is 1. The third-order valence-electron chi connectivity index (χ3n) is 4.43. The Balaban J connectivity index is 1.53. The van der Waals surface area contributed by atoms with Crippen molar-refractivity contribution in [2.24, 2.45) is 5.92 Å². The second kappa shape index (κ2) is 9.05. The summed E-state index contributed by atoms with van der Waals surface area (Å²) in [7, 11) is 0. The van der Waals surface area contributed by atoms with Crippen molar-refractivity contribution in [3.63, 3.8) is 0 Å². The third kappa shape index (κ3) is 5.57. The Kier molecular flexibility index (Phi) is 6.51. The maximum atomic E-state index is 12.3. The van der Waals surface area contributed by atoms with Gasteiger partial charge in [0.05, 0.1) is 22.3 Å². The van der Waals surface area contributed by atoms with E-state index in [2.05, 4.69) is 48.4 Å². The van der Waals surface area contributed by atoms with Gasteiger partial charge in [-0.15, -0.1) is 0 Å². The standard InChI is InChI=1S/C23H26N2OS/c1-16(2)14-18-8-10-19(11-9-18)17(3)24-22(26)15-27-23-13-12-20-6-4-5-7-21(20)25-23/h4-13,16-17H,14-15H2,1-3H3,(H,24,26). The van der Waals surface area contributed by atoms with Crippen LogP contribution in [0.2, 0.25) is 0 Å². The number of rotatable bonds is 7. The summed E-state index contributed by atoms with van der Waals surface area (Å²) < 4.78 is 0. The monoisotopic (exact) mass is 378 g/mol. The first-order valence-electron chi connectivity index (χ1n) is 9.38. The van der Waals surface area contributed by atoms with Gasteiger partial charge in [-0.25, -0.2) is 4.98 Å². The zero-order chi connectivity index (χ0) is 19.2. The fraction of sp³-hybridized carbons (Fsp3) is 0.304. The highest BCUT2D eigenvalue weighted by atomic mass is 32.2. The lowest BCUT2D eigenvalue weighted by Crippen LogP contribution is -2.28. The van der Waals surface area contributed by atoms with Crippen molar-refractivity contribution in [2.45, 2.75) is 38.3 Å². The maximum Gasteiger partial charge on any atom is 0.230 e. The molecule has 0 fully saturated rings. The highest BCUT2D eigenvalue weighted by Crippen LogP contribution is 2.20. The first kappa shape index (κ1) is 19.4. The molecule has 1 amide bonds. The summed E-state index contributed by atoms with van der Waals surface area (Å²) in [6.07, 6.45) is 1.08. The first-order valence-corrected chi connectivity index (χ1v) is 10.4. The van der Waals surface area contributed by atoms with E-state index < -0.39 is 0 Å². The van der Waals surface area contributed by atoms with E-state index in [1.54, 1.807) is 0 Å². The molecule has 0 aliphatic heterocycles. The molecule has 3 nitrogen and oxygen atoms in total. The van der Waals surface area contributed by atoms with E-state index in [1.807, 2.05) is 43.3 Å². The molecular weight excluding hydrogens is 352 g/mol. The van der Waals surface area contributed by atoms with Crippen molar-refractivity contribution in [2.75, 3.05) is 5.75 Å². The van der Waals surface area contributed by atoms with E-state index in [9.17, 15) is 4.79 Å². The molecule has 27 heavy (non-hydrogen) atoms. The van der Waals surface area contributed by atoms with Crippen LogP contribution < -0.4 is 5.32 Å². The van der Waals surface area contributed by atoms with Gasteiger partial charge in [0.1, 0.15) is 0 Å². The van der Waals surface area contributed by atoms with Gasteiger partial charge in [0, 0.05) is 5.39 Å². The second-order valence-corrected chi connectivity index (χ2v) is 8.26. The quantitative estimate of drug-likeness (QED) is 0.560. The number of para-hydroxylation sites is 1. The Labute approximate surface area is 165 Å². The van der Waals surface area contributed by atoms with Crippen LogP contribution in [0.5, 0.6) is 0 Å². The van der Waals surface area contributed by atoms with Crippen molar-refractivity contribution in [3.8, 4) is 0 Å². The SMILES string of the molecule is CC(C)Cc1ccc(C(C)NC(=O)CSc2ccc3ccccc3n2)cc1. The molecule has 0 saturated carbocycles. The molecule has 0 spiro atoms. The molecule has 1 unspecified atom stereocenters. The summed E-state index contributed by atoms with van der Waals surface area (Å²) in [4.78, 5) is 16.9. The zero-order valence-electron chi connectivity index (χ0n) is 16.1. The first-order chi connectivity index (χ1) is 13.0. The summed E-state index contributed by atoms with van der Waals surface area (Å²) in [6.45, 7) is 6.46. The van der Waals surface area contributed by atoms with E-state index in [-0.39, 0.29) is 11.9 Å². The largest absolute Gasteiger partial charge is 0.349 e. The van der Waals surface area contributed by atoms with E-state index in [1.165, 1.54) is 17.3 Å². The second-order valence-electron chi connectivity index (χ2n) is 7.26. The van der Waals surface area contributed by atoms with Gasteiger partial charge >= 0.3 is 0 Å². The Morgan fingerprint density at radius 2 is 1.74 bits per heavy atom. The lowest BCUT2D eigenvalue weighted by Gasteiger charge is -2.15. The summed E-state index contributed by atoms with van der Waals surface area (Å²) >= 11 is 1.47. The summed E-state index contributed by atoms with van der Waals surface area (Å²) in [6, 6.07) is 20.6. The van der Waals surface area contributed by atoms with Crippen LogP contribution in [-0.4, -0.2) is 16.6 Å². The molecule has 1 heterocycles. The van der Waals surface area contributed by atoms with Crippen molar-refractivity contribution in [1.82, 2.24) is 10.3 Å². The third-order valence-corrected chi connectivity index (χ3v) is 5.35. The number of amides is 1. The molecule has 3 rings (SSSR count). The predicted molar refractivity (Wildman–Crippen MR) is 114 cm³/mol. The van der Waals surface area contributed by atoms with Crippen LogP contribution in [0, 0.1) is 5.92 Å². The molecule has 0 saturated heterocycles. The highest BCUT2D eigenvalue weighted by molar-refractivity contribution is 7.99. The summed E-state index contributed by atoms with van der Waals surface area (Å²) in [5.74, 6) is 1.03. The van der Waals surface area contributed by atoms with Gasteiger partial charge in [-0.3, -0.25) is 4.79 Å². The average molecular weight is 379 g/mol. The van der Waals surface area contributed by atoms with Crippen molar-refractivity contribution < 1.29 is 4.79 Å². The zero-order valence-corrected chi connectivity index (χ0v) is 16.9. The molecular formula is C23H26N2OS. The minimum absolute atomic E-state index is 0.00392. The van der Waals surface area contributed by atoms with Crippen LogP contribution in [0.3, 0.4) is 0 Å². The van der Waals surface area contributed by atoms with Crippen molar-refractivity contribution in [3.05, 3.63) is 71.8 Å². The minimum atomic E-state index is -0.00392. The lowest BCUT2D eigenvalue weighted by atomic mass is 10.00. The van der Waals surface area contributed by atoms with E-state index >= 15 is 0 Å². The molecule has 1 N–H and O–H groups in total.